The fourth-order valence-corrected chi connectivity index (χ4v) is 1.57. The molecule has 1 atom stereocenters. The van der Waals surface area contributed by atoms with Gasteiger partial charge in [0.25, 0.3) is 0 Å². The number of anilines is 1. The Hall–Kier alpha value is -1.49. The van der Waals surface area contributed by atoms with Crippen LogP contribution < -0.4 is 11.1 Å². The van der Waals surface area contributed by atoms with E-state index in [0.717, 1.165) is 6.42 Å². The van der Waals surface area contributed by atoms with Gasteiger partial charge in [0.2, 0.25) is 5.91 Å². The quantitative estimate of drug-likeness (QED) is 0.765. The molecule has 0 radical (unpaired) electrons. The van der Waals surface area contributed by atoms with E-state index in [9.17, 15) is 4.79 Å². The van der Waals surface area contributed by atoms with Crippen molar-refractivity contribution in [3.05, 3.63) is 24.4 Å². The van der Waals surface area contributed by atoms with Crippen LogP contribution in [0.4, 0.5) is 5.82 Å². The van der Waals surface area contributed by atoms with Gasteiger partial charge in [0, 0.05) is 6.20 Å². The van der Waals surface area contributed by atoms with E-state index >= 15 is 0 Å². The predicted octanol–water partition coefficient (Wildman–Crippen LogP) is 1.72. The van der Waals surface area contributed by atoms with Crippen LogP contribution >= 0.6 is 12.2 Å². The van der Waals surface area contributed by atoms with E-state index in [2.05, 4.69) is 10.3 Å². The number of nitrogens with two attached hydrogens (primary N) is 1. The highest BCUT2D eigenvalue weighted by molar-refractivity contribution is 7.80. The molecular weight excluding hydrogens is 222 g/mol. The van der Waals surface area contributed by atoms with Gasteiger partial charge in [0.15, 0.2) is 0 Å². The van der Waals surface area contributed by atoms with Gasteiger partial charge in [-0.1, -0.05) is 31.6 Å². The number of rotatable bonds is 5. The van der Waals surface area contributed by atoms with Gasteiger partial charge in [-0.05, 0) is 18.6 Å². The number of hydrogen-bond acceptors (Lipinski definition) is 3. The molecule has 0 aromatic carbocycles. The number of thiocarbonyl (C=S) groups is 1. The summed E-state index contributed by atoms with van der Waals surface area (Å²) in [7, 11) is 0. The zero-order valence-corrected chi connectivity index (χ0v) is 9.96. The molecule has 0 spiro atoms. The fraction of sp³-hybridized carbons (Fsp3) is 0.364. The van der Waals surface area contributed by atoms with Crippen LogP contribution in [0.15, 0.2) is 24.4 Å². The Kier molecular flexibility index (Phi) is 4.85. The van der Waals surface area contributed by atoms with Gasteiger partial charge in [0.05, 0.1) is 10.9 Å². The molecule has 1 aromatic rings. The number of carbonyl (C=O) groups excluding carboxylic acids is 1. The minimum atomic E-state index is -0.415. The molecule has 16 heavy (non-hydrogen) atoms. The van der Waals surface area contributed by atoms with E-state index in [1.807, 2.05) is 6.92 Å². The summed E-state index contributed by atoms with van der Waals surface area (Å²) < 4.78 is 0. The van der Waals surface area contributed by atoms with Crippen LogP contribution in [0.25, 0.3) is 0 Å². The minimum absolute atomic E-state index is 0.187. The Morgan fingerprint density at radius 1 is 1.62 bits per heavy atom. The van der Waals surface area contributed by atoms with E-state index < -0.39 is 5.92 Å². The maximum atomic E-state index is 11.8. The zero-order valence-electron chi connectivity index (χ0n) is 9.14. The molecule has 5 heteroatoms. The molecule has 1 heterocycles. The molecule has 0 aliphatic heterocycles. The van der Waals surface area contributed by atoms with Gasteiger partial charge in [-0.2, -0.15) is 0 Å². The summed E-state index contributed by atoms with van der Waals surface area (Å²) in [6, 6.07) is 5.31. The Morgan fingerprint density at radius 2 is 2.38 bits per heavy atom. The first-order valence-electron chi connectivity index (χ1n) is 5.16. The molecule has 0 bridgehead atoms. The third-order valence-electron chi connectivity index (χ3n) is 2.15. The number of aromatic nitrogens is 1. The molecule has 0 aliphatic rings. The summed E-state index contributed by atoms with van der Waals surface area (Å²) in [6.07, 6.45) is 3.14. The molecule has 0 saturated heterocycles. The van der Waals surface area contributed by atoms with Crippen molar-refractivity contribution in [2.24, 2.45) is 11.7 Å². The van der Waals surface area contributed by atoms with Gasteiger partial charge >= 0.3 is 0 Å². The lowest BCUT2D eigenvalue weighted by Gasteiger charge is -2.13. The summed E-state index contributed by atoms with van der Waals surface area (Å²) in [5.41, 5.74) is 5.53. The van der Waals surface area contributed by atoms with Crippen molar-refractivity contribution < 1.29 is 4.79 Å². The molecular formula is C11H15N3OS. The monoisotopic (exact) mass is 237 g/mol. The number of nitrogens with one attached hydrogen (secondary N) is 1. The summed E-state index contributed by atoms with van der Waals surface area (Å²) in [4.78, 5) is 16.1. The Morgan fingerprint density at radius 3 is 2.88 bits per heavy atom. The summed E-state index contributed by atoms with van der Waals surface area (Å²) in [6.45, 7) is 1.99. The highest BCUT2D eigenvalue weighted by Gasteiger charge is 2.20. The largest absolute Gasteiger partial charge is 0.393 e. The average Bonchev–Trinajstić information content (AvgIpc) is 2.26. The van der Waals surface area contributed by atoms with Gasteiger partial charge in [-0.25, -0.2) is 4.98 Å². The average molecular weight is 237 g/mol. The SMILES string of the molecule is CCCC(C(=O)Nc1ccccn1)C(N)=S. The summed E-state index contributed by atoms with van der Waals surface area (Å²) >= 11 is 4.87. The van der Waals surface area contributed by atoms with Crippen LogP contribution in [0.1, 0.15) is 19.8 Å². The molecule has 1 aromatic heterocycles. The third-order valence-corrected chi connectivity index (χ3v) is 2.44. The molecule has 0 fully saturated rings. The maximum absolute atomic E-state index is 11.8. The van der Waals surface area contributed by atoms with E-state index in [4.69, 9.17) is 18.0 Å². The molecule has 1 amide bonds. The highest BCUT2D eigenvalue weighted by Crippen LogP contribution is 2.10. The number of hydrogen-bond donors (Lipinski definition) is 2. The molecule has 86 valence electrons. The second kappa shape index (κ2) is 6.17. The fourth-order valence-electron chi connectivity index (χ4n) is 1.34. The molecule has 4 nitrogen and oxygen atoms in total. The second-order valence-corrected chi connectivity index (χ2v) is 3.92. The first-order chi connectivity index (χ1) is 7.65. The van der Waals surface area contributed by atoms with Crippen molar-refractivity contribution in [1.29, 1.82) is 0 Å². The predicted molar refractivity (Wildman–Crippen MR) is 68.1 cm³/mol. The van der Waals surface area contributed by atoms with E-state index in [1.54, 1.807) is 24.4 Å². The van der Waals surface area contributed by atoms with Crippen molar-refractivity contribution in [3.8, 4) is 0 Å². The van der Waals surface area contributed by atoms with Crippen LogP contribution in [0.2, 0.25) is 0 Å². The van der Waals surface area contributed by atoms with Gasteiger partial charge in [-0.15, -0.1) is 0 Å². The van der Waals surface area contributed by atoms with Crippen LogP contribution in [0.3, 0.4) is 0 Å². The Balaban J connectivity index is 2.66. The van der Waals surface area contributed by atoms with Gasteiger partial charge < -0.3 is 11.1 Å². The lowest BCUT2D eigenvalue weighted by molar-refractivity contribution is -0.118. The molecule has 0 saturated carbocycles. The van der Waals surface area contributed by atoms with Gasteiger partial charge in [0.1, 0.15) is 5.82 Å². The van der Waals surface area contributed by atoms with Crippen molar-refractivity contribution >= 4 is 28.9 Å². The van der Waals surface area contributed by atoms with Crippen LogP contribution in [0.5, 0.6) is 0 Å². The third kappa shape index (κ3) is 3.58. The Labute approximate surface area is 100 Å². The molecule has 1 rings (SSSR count). The summed E-state index contributed by atoms with van der Waals surface area (Å²) in [5.74, 6) is -0.0834. The molecule has 0 aliphatic carbocycles. The van der Waals surface area contributed by atoms with Gasteiger partial charge in [-0.3, -0.25) is 4.79 Å². The van der Waals surface area contributed by atoms with Crippen LogP contribution in [-0.2, 0) is 4.79 Å². The highest BCUT2D eigenvalue weighted by atomic mass is 32.1. The van der Waals surface area contributed by atoms with Crippen molar-refractivity contribution in [1.82, 2.24) is 4.98 Å². The lowest BCUT2D eigenvalue weighted by atomic mass is 10.0. The normalized spacial score (nSPS) is 11.8. The second-order valence-electron chi connectivity index (χ2n) is 3.45. The minimum Gasteiger partial charge on any atom is -0.393 e. The number of pyridine rings is 1. The standard InChI is InChI=1S/C11H15N3OS/c1-2-5-8(10(12)16)11(15)14-9-6-3-4-7-13-9/h3-4,6-8H,2,5H2,1H3,(H2,12,16)(H,13,14,15). The Bertz CT molecular complexity index is 367. The topological polar surface area (TPSA) is 68.0 Å². The number of amides is 1. The first kappa shape index (κ1) is 12.6. The molecule has 3 N–H and O–H groups in total. The number of nitrogens with zero attached hydrogens (tertiary/aromatic N) is 1. The maximum Gasteiger partial charge on any atom is 0.235 e. The first-order valence-corrected chi connectivity index (χ1v) is 5.57. The van der Waals surface area contributed by atoms with Crippen LogP contribution in [-0.4, -0.2) is 15.9 Å². The smallest absolute Gasteiger partial charge is 0.235 e. The van der Waals surface area contributed by atoms with Crippen LogP contribution in [0, 0.1) is 5.92 Å². The molecule has 1 unspecified atom stereocenters. The van der Waals surface area contributed by atoms with Crippen molar-refractivity contribution in [2.75, 3.05) is 5.32 Å². The van der Waals surface area contributed by atoms with E-state index in [1.165, 1.54) is 0 Å². The van der Waals surface area contributed by atoms with E-state index in [-0.39, 0.29) is 10.9 Å². The number of carbonyl (C=O) groups is 1. The summed E-state index contributed by atoms with van der Waals surface area (Å²) in [5, 5.41) is 2.69. The van der Waals surface area contributed by atoms with Crippen molar-refractivity contribution in [2.45, 2.75) is 19.8 Å². The van der Waals surface area contributed by atoms with Crippen molar-refractivity contribution in [3.63, 3.8) is 0 Å². The zero-order chi connectivity index (χ0) is 12.0. The van der Waals surface area contributed by atoms with E-state index in [0.29, 0.717) is 12.2 Å². The lowest BCUT2D eigenvalue weighted by Crippen LogP contribution is -2.33.